The first-order valence-electron chi connectivity index (χ1n) is 11.9. The van der Waals surface area contributed by atoms with Crippen molar-refractivity contribution in [3.8, 4) is 11.5 Å². The lowest BCUT2D eigenvalue weighted by molar-refractivity contribution is -0.115. The average Bonchev–Trinajstić information content (AvgIpc) is 3.50. The van der Waals surface area contributed by atoms with Gasteiger partial charge in [0.2, 0.25) is 0 Å². The van der Waals surface area contributed by atoms with Crippen LogP contribution in [0.1, 0.15) is 33.6 Å². The van der Waals surface area contributed by atoms with Crippen LogP contribution in [-0.2, 0) is 16.0 Å². The zero-order valence-electron chi connectivity index (χ0n) is 19.4. The van der Waals surface area contributed by atoms with Gasteiger partial charge in [-0.05, 0) is 60.4 Å². The van der Waals surface area contributed by atoms with Crippen LogP contribution in [0.5, 0.6) is 11.5 Å². The molecule has 36 heavy (non-hydrogen) atoms. The van der Waals surface area contributed by atoms with Gasteiger partial charge in [-0.2, -0.15) is 0 Å². The summed E-state index contributed by atoms with van der Waals surface area (Å²) in [7, 11) is 0. The van der Waals surface area contributed by atoms with E-state index in [0.717, 1.165) is 35.3 Å². The van der Waals surface area contributed by atoms with Crippen molar-refractivity contribution < 1.29 is 28.2 Å². The number of carbonyl (C=O) groups is 2. The predicted molar refractivity (Wildman–Crippen MR) is 136 cm³/mol. The fraction of sp³-hybridized carbons (Fsp3) is 0.333. The Labute approximate surface area is 216 Å². The molecule has 2 aliphatic heterocycles. The van der Waals surface area contributed by atoms with E-state index in [9.17, 15) is 14.0 Å². The monoisotopic (exact) mass is 527 g/mol. The van der Waals surface area contributed by atoms with Crippen LogP contribution < -0.4 is 9.47 Å². The van der Waals surface area contributed by atoms with Crippen LogP contribution in [0.4, 0.5) is 4.39 Å². The molecule has 0 spiro atoms. The second kappa shape index (κ2) is 9.50. The lowest BCUT2D eigenvalue weighted by Gasteiger charge is -2.28. The normalized spacial score (nSPS) is 18.8. The summed E-state index contributed by atoms with van der Waals surface area (Å²) in [5.41, 5.74) is 2.29. The second-order valence-electron chi connectivity index (χ2n) is 9.17. The van der Waals surface area contributed by atoms with Gasteiger partial charge in [-0.25, -0.2) is 4.39 Å². The molecule has 3 heterocycles. The summed E-state index contributed by atoms with van der Waals surface area (Å²) in [6, 6.07) is 8.04. The van der Waals surface area contributed by atoms with Crippen molar-refractivity contribution in [2.75, 3.05) is 32.9 Å². The molecule has 2 aromatic carbocycles. The molecule has 9 heteroatoms. The van der Waals surface area contributed by atoms with Crippen molar-refractivity contribution in [1.82, 2.24) is 4.90 Å². The first kappa shape index (κ1) is 23.5. The van der Waals surface area contributed by atoms with Crippen molar-refractivity contribution >= 4 is 50.8 Å². The molecular formula is C27H23ClFNO5S. The molecule has 1 fully saturated rings. The van der Waals surface area contributed by atoms with Crippen LogP contribution in [0.25, 0.3) is 16.2 Å². The number of thiophene rings is 1. The highest BCUT2D eigenvalue weighted by Crippen LogP contribution is 2.38. The van der Waals surface area contributed by atoms with Gasteiger partial charge in [0.15, 0.2) is 17.3 Å². The first-order chi connectivity index (χ1) is 17.5. The molecular weight excluding hydrogens is 505 g/mol. The van der Waals surface area contributed by atoms with Gasteiger partial charge in [0.1, 0.15) is 23.9 Å². The third kappa shape index (κ3) is 4.38. The molecule has 1 aromatic heterocycles. The van der Waals surface area contributed by atoms with Crippen molar-refractivity contribution in [1.29, 1.82) is 0 Å². The number of amides is 1. The summed E-state index contributed by atoms with van der Waals surface area (Å²) >= 11 is 7.73. The van der Waals surface area contributed by atoms with E-state index in [1.807, 2.05) is 18.2 Å². The highest BCUT2D eigenvalue weighted by molar-refractivity contribution is 7.21. The van der Waals surface area contributed by atoms with Gasteiger partial charge < -0.3 is 19.1 Å². The molecule has 3 aliphatic rings. The van der Waals surface area contributed by atoms with E-state index < -0.39 is 0 Å². The summed E-state index contributed by atoms with van der Waals surface area (Å²) in [4.78, 5) is 28.8. The third-order valence-electron chi connectivity index (χ3n) is 6.73. The Hall–Kier alpha value is -2.94. The minimum absolute atomic E-state index is 0.0474. The minimum Gasteiger partial charge on any atom is -0.486 e. The molecule has 1 aliphatic carbocycles. The van der Waals surface area contributed by atoms with Gasteiger partial charge >= 0.3 is 0 Å². The molecule has 1 amide bonds. The number of rotatable bonds is 5. The average molecular weight is 528 g/mol. The van der Waals surface area contributed by atoms with Gasteiger partial charge in [0, 0.05) is 41.8 Å². The Morgan fingerprint density at radius 2 is 1.94 bits per heavy atom. The van der Waals surface area contributed by atoms with E-state index in [-0.39, 0.29) is 36.6 Å². The molecule has 0 saturated carbocycles. The van der Waals surface area contributed by atoms with Crippen LogP contribution >= 0.6 is 22.9 Å². The van der Waals surface area contributed by atoms with Crippen LogP contribution in [0.2, 0.25) is 5.02 Å². The fourth-order valence-corrected chi connectivity index (χ4v) is 6.41. The number of hydrogen-bond donors (Lipinski definition) is 0. The Kier molecular flexibility index (Phi) is 6.19. The second-order valence-corrected chi connectivity index (χ2v) is 10.6. The topological polar surface area (TPSA) is 65.1 Å². The van der Waals surface area contributed by atoms with E-state index in [4.69, 9.17) is 25.8 Å². The number of ether oxygens (including phenoxy) is 3. The molecule has 1 atom stereocenters. The van der Waals surface area contributed by atoms with E-state index >= 15 is 0 Å². The van der Waals surface area contributed by atoms with Crippen LogP contribution in [0.15, 0.2) is 35.9 Å². The molecule has 0 radical (unpaired) electrons. The molecule has 186 valence electrons. The number of fused-ring (bicyclic) bond motifs is 3. The summed E-state index contributed by atoms with van der Waals surface area (Å²) in [5.74, 6) is 0.577. The van der Waals surface area contributed by atoms with Gasteiger partial charge in [-0.1, -0.05) is 11.6 Å². The van der Waals surface area contributed by atoms with Gasteiger partial charge in [0.25, 0.3) is 5.91 Å². The van der Waals surface area contributed by atoms with Gasteiger partial charge in [-0.3, -0.25) is 9.59 Å². The molecule has 0 unspecified atom stereocenters. The van der Waals surface area contributed by atoms with Crippen molar-refractivity contribution in [3.63, 3.8) is 0 Å². The molecule has 0 bridgehead atoms. The van der Waals surface area contributed by atoms with Gasteiger partial charge in [-0.15, -0.1) is 11.3 Å². The summed E-state index contributed by atoms with van der Waals surface area (Å²) in [5, 5.41) is 0.938. The smallest absolute Gasteiger partial charge is 0.265 e. The van der Waals surface area contributed by atoms with E-state index in [1.165, 1.54) is 12.1 Å². The van der Waals surface area contributed by atoms with Crippen LogP contribution in [-0.4, -0.2) is 55.6 Å². The highest BCUT2D eigenvalue weighted by Gasteiger charge is 2.30. The Bertz CT molecular complexity index is 1410. The minimum atomic E-state index is -0.385. The molecule has 1 saturated heterocycles. The number of halogens is 2. The predicted octanol–water partition coefficient (Wildman–Crippen LogP) is 5.30. The van der Waals surface area contributed by atoms with E-state index in [1.54, 1.807) is 11.0 Å². The number of Topliss-reactive ketones (excluding diaryl/α,β-unsaturated/α-hetero) is 1. The lowest BCUT2D eigenvalue weighted by Crippen LogP contribution is -2.40. The van der Waals surface area contributed by atoms with Crippen LogP contribution in [0.3, 0.4) is 0 Å². The summed E-state index contributed by atoms with van der Waals surface area (Å²) < 4.78 is 31.5. The fourth-order valence-electron chi connectivity index (χ4n) is 4.90. The zero-order chi connectivity index (χ0) is 24.8. The number of nitrogens with zero attached hydrogens (tertiary/aromatic N) is 1. The largest absolute Gasteiger partial charge is 0.486 e. The molecule has 0 N–H and O–H groups in total. The zero-order valence-corrected chi connectivity index (χ0v) is 20.9. The summed E-state index contributed by atoms with van der Waals surface area (Å²) in [6.07, 6.45) is 3.72. The van der Waals surface area contributed by atoms with Crippen molar-refractivity contribution in [2.45, 2.75) is 25.4 Å². The maximum absolute atomic E-state index is 13.8. The number of ketones is 1. The van der Waals surface area contributed by atoms with Crippen molar-refractivity contribution in [3.05, 3.63) is 62.7 Å². The Morgan fingerprint density at radius 3 is 2.72 bits per heavy atom. The SMILES string of the molecule is O=C1Cc2cc3c(cc2C=C1CN(C[C@@H]1CCCO1)C(=O)c1sc2cc(F)ccc2c1Cl)OCCO3. The Morgan fingerprint density at radius 1 is 1.14 bits per heavy atom. The maximum atomic E-state index is 13.8. The highest BCUT2D eigenvalue weighted by atomic mass is 35.5. The quantitative estimate of drug-likeness (QED) is 0.451. The Balaban J connectivity index is 1.33. The third-order valence-corrected chi connectivity index (χ3v) is 8.37. The first-order valence-corrected chi connectivity index (χ1v) is 13.1. The van der Waals surface area contributed by atoms with Crippen molar-refractivity contribution in [2.24, 2.45) is 0 Å². The van der Waals surface area contributed by atoms with E-state index in [2.05, 4.69) is 0 Å². The number of carbonyl (C=O) groups excluding carboxylic acids is 2. The molecule has 3 aromatic rings. The number of hydrogen-bond acceptors (Lipinski definition) is 6. The number of benzene rings is 2. The molecule has 6 nitrogen and oxygen atoms in total. The lowest BCUT2D eigenvalue weighted by atomic mass is 9.90. The summed E-state index contributed by atoms with van der Waals surface area (Å²) in [6.45, 7) is 2.08. The molecule has 6 rings (SSSR count). The standard InChI is InChI=1S/C27H23ClFNO5S/c28-25-20-4-3-18(29)12-24(20)36-26(25)27(32)30(14-19-2-1-5-33-19)13-17-8-15-10-22-23(35-7-6-34-22)11-16(15)9-21(17)31/h3-4,8,10-12,19H,1-2,5-7,9,13-14H2/t19-/m0/s1. The van der Waals surface area contributed by atoms with Gasteiger partial charge in [0.05, 0.1) is 11.1 Å². The van der Waals surface area contributed by atoms with Crippen LogP contribution in [0, 0.1) is 5.82 Å². The van der Waals surface area contributed by atoms with E-state index in [0.29, 0.717) is 63.4 Å². The maximum Gasteiger partial charge on any atom is 0.265 e.